The molecule has 2 heterocycles. The van der Waals surface area contributed by atoms with Gasteiger partial charge in [0.1, 0.15) is 5.75 Å². The average Bonchev–Trinajstić information content (AvgIpc) is 2.91. The third-order valence-corrected chi connectivity index (χ3v) is 3.38. The Kier molecular flexibility index (Phi) is 3.49. The van der Waals surface area contributed by atoms with E-state index in [1.807, 2.05) is 24.5 Å². The summed E-state index contributed by atoms with van der Waals surface area (Å²) in [7, 11) is 1.67. The molecule has 17 heavy (non-hydrogen) atoms. The second-order valence-corrected chi connectivity index (χ2v) is 4.27. The van der Waals surface area contributed by atoms with E-state index in [0.717, 1.165) is 10.7 Å². The predicted molar refractivity (Wildman–Crippen MR) is 65.1 cm³/mol. The molecule has 0 fully saturated rings. The van der Waals surface area contributed by atoms with Crippen molar-refractivity contribution in [1.82, 2.24) is 9.38 Å². The molecule has 0 atom stereocenters. The summed E-state index contributed by atoms with van der Waals surface area (Å²) in [5, 5.41) is 2.12. The topological polar surface area (TPSA) is 26.5 Å². The molecule has 88 valence electrons. The van der Waals surface area contributed by atoms with Crippen LogP contribution in [0, 0.1) is 0 Å². The van der Waals surface area contributed by atoms with Gasteiger partial charge in [-0.1, -0.05) is 0 Å². The number of methoxy groups -OCH3 is 1. The Morgan fingerprint density at radius 1 is 1.24 bits per heavy atom. The van der Waals surface area contributed by atoms with Gasteiger partial charge in [0.15, 0.2) is 4.96 Å². The third-order valence-electron chi connectivity index (χ3n) is 2.53. The normalized spacial score (nSPS) is 10.2. The van der Waals surface area contributed by atoms with Gasteiger partial charge in [-0.3, -0.25) is 4.40 Å². The molecule has 0 aliphatic heterocycles. The highest BCUT2D eigenvalue weighted by Gasteiger charge is 2.05. The fourth-order valence-electron chi connectivity index (χ4n) is 1.69. The molecule has 3 rings (SSSR count). The molecule has 0 N–H and O–H groups in total. The fraction of sp³-hybridized carbons (Fsp3) is 0.0833. The first-order chi connectivity index (χ1) is 7.88. The van der Waals surface area contributed by atoms with Crippen LogP contribution in [0.5, 0.6) is 5.75 Å². The minimum atomic E-state index is 0. The molecule has 0 saturated heterocycles. The zero-order valence-electron chi connectivity index (χ0n) is 9.13. The number of fused-ring (bicyclic) bond motifs is 1. The van der Waals surface area contributed by atoms with Crippen molar-refractivity contribution < 1.29 is 21.7 Å². The molecule has 2 aromatic heterocycles. The maximum atomic E-state index is 5.14. The standard InChI is InChI=1S/C12H10N2OS.BrH/c1-15-10-4-2-9(3-5-10)11-8-16-12-13-6-7-14(11)12;/h2-8H,1H3;1H/p-1. The van der Waals surface area contributed by atoms with Crippen LogP contribution < -0.4 is 21.7 Å². The van der Waals surface area contributed by atoms with Gasteiger partial charge in [-0.25, -0.2) is 4.98 Å². The summed E-state index contributed by atoms with van der Waals surface area (Å²) in [6.45, 7) is 0. The summed E-state index contributed by atoms with van der Waals surface area (Å²) < 4.78 is 7.23. The lowest BCUT2D eigenvalue weighted by molar-refractivity contribution is -0.00000348. The lowest BCUT2D eigenvalue weighted by Gasteiger charge is -2.02. The number of thiazole rings is 1. The van der Waals surface area contributed by atoms with Crippen LogP contribution in [0.4, 0.5) is 0 Å². The lowest BCUT2D eigenvalue weighted by atomic mass is 10.2. The Balaban J connectivity index is 0.00000108. The first-order valence-corrected chi connectivity index (χ1v) is 5.81. The van der Waals surface area contributed by atoms with Crippen LogP contribution in [0.3, 0.4) is 0 Å². The van der Waals surface area contributed by atoms with E-state index < -0.39 is 0 Å². The second-order valence-electron chi connectivity index (χ2n) is 3.43. The number of ether oxygens (including phenoxy) is 1. The number of aromatic nitrogens is 2. The van der Waals surface area contributed by atoms with Gasteiger partial charge in [-0.05, 0) is 29.8 Å². The van der Waals surface area contributed by atoms with Gasteiger partial charge in [0, 0.05) is 17.8 Å². The highest BCUT2D eigenvalue weighted by molar-refractivity contribution is 7.15. The van der Waals surface area contributed by atoms with Crippen LogP contribution in [0.25, 0.3) is 16.2 Å². The van der Waals surface area contributed by atoms with Crippen molar-refractivity contribution in [3.63, 3.8) is 0 Å². The number of benzene rings is 1. The number of halogens is 1. The predicted octanol–water partition coefficient (Wildman–Crippen LogP) is 0.0754. The first-order valence-electron chi connectivity index (χ1n) is 4.93. The van der Waals surface area contributed by atoms with Gasteiger partial charge in [0.25, 0.3) is 0 Å². The highest BCUT2D eigenvalue weighted by atomic mass is 79.9. The van der Waals surface area contributed by atoms with Crippen molar-refractivity contribution >= 4 is 16.3 Å². The minimum absolute atomic E-state index is 0. The number of rotatable bonds is 2. The van der Waals surface area contributed by atoms with Gasteiger partial charge in [0.2, 0.25) is 0 Å². The largest absolute Gasteiger partial charge is 1.00 e. The van der Waals surface area contributed by atoms with Gasteiger partial charge in [0.05, 0.1) is 12.8 Å². The first kappa shape index (κ1) is 12.1. The van der Waals surface area contributed by atoms with Crippen LogP contribution in [-0.2, 0) is 0 Å². The molecule has 0 aliphatic carbocycles. The van der Waals surface area contributed by atoms with Crippen LogP contribution in [0.2, 0.25) is 0 Å². The third kappa shape index (κ3) is 2.08. The number of hydrogen-bond donors (Lipinski definition) is 0. The van der Waals surface area contributed by atoms with Crippen LogP contribution in [0.15, 0.2) is 42.0 Å². The lowest BCUT2D eigenvalue weighted by Crippen LogP contribution is -3.00. The molecule has 0 amide bonds. The smallest absolute Gasteiger partial charge is 0.194 e. The molecule has 0 saturated carbocycles. The zero-order valence-corrected chi connectivity index (χ0v) is 11.5. The Morgan fingerprint density at radius 2 is 2.00 bits per heavy atom. The molecule has 0 bridgehead atoms. The average molecular weight is 310 g/mol. The molecular formula is C12H10BrN2OS-. The molecule has 0 unspecified atom stereocenters. The second kappa shape index (κ2) is 4.89. The van der Waals surface area contributed by atoms with E-state index in [1.54, 1.807) is 18.4 Å². The van der Waals surface area contributed by atoms with Crippen molar-refractivity contribution in [3.8, 4) is 17.0 Å². The van der Waals surface area contributed by atoms with Gasteiger partial charge in [-0.2, -0.15) is 0 Å². The van der Waals surface area contributed by atoms with Crippen molar-refractivity contribution in [3.05, 3.63) is 42.0 Å². The van der Waals surface area contributed by atoms with Crippen LogP contribution in [-0.4, -0.2) is 16.5 Å². The van der Waals surface area contributed by atoms with Crippen LogP contribution in [0.1, 0.15) is 0 Å². The van der Waals surface area contributed by atoms with Crippen LogP contribution >= 0.6 is 11.3 Å². The quantitative estimate of drug-likeness (QED) is 0.670. The van der Waals surface area contributed by atoms with Crippen molar-refractivity contribution in [2.24, 2.45) is 0 Å². The number of hydrogen-bond acceptors (Lipinski definition) is 3. The molecule has 3 nitrogen and oxygen atoms in total. The highest BCUT2D eigenvalue weighted by Crippen LogP contribution is 2.26. The van der Waals surface area contributed by atoms with Crippen molar-refractivity contribution in [2.75, 3.05) is 7.11 Å². The van der Waals surface area contributed by atoms with Gasteiger partial charge in [-0.15, -0.1) is 11.3 Å². The van der Waals surface area contributed by atoms with E-state index >= 15 is 0 Å². The molecule has 5 heteroatoms. The van der Waals surface area contributed by atoms with E-state index in [2.05, 4.69) is 26.9 Å². The summed E-state index contributed by atoms with van der Waals surface area (Å²) in [6.07, 6.45) is 3.80. The monoisotopic (exact) mass is 309 g/mol. The molecule has 0 radical (unpaired) electrons. The zero-order chi connectivity index (χ0) is 11.0. The minimum Gasteiger partial charge on any atom is -1.00 e. The van der Waals surface area contributed by atoms with E-state index in [4.69, 9.17) is 4.74 Å². The summed E-state index contributed by atoms with van der Waals surface area (Å²) in [5.41, 5.74) is 2.34. The van der Waals surface area contributed by atoms with E-state index in [0.29, 0.717) is 0 Å². The van der Waals surface area contributed by atoms with Gasteiger partial charge >= 0.3 is 0 Å². The summed E-state index contributed by atoms with van der Waals surface area (Å²) in [5.74, 6) is 0.876. The molecule has 1 aromatic carbocycles. The molecule has 0 aliphatic rings. The number of nitrogens with zero attached hydrogens (tertiary/aromatic N) is 2. The van der Waals surface area contributed by atoms with E-state index in [1.165, 1.54) is 11.3 Å². The maximum Gasteiger partial charge on any atom is 0.194 e. The molecular weight excluding hydrogens is 300 g/mol. The van der Waals surface area contributed by atoms with Crippen molar-refractivity contribution in [2.45, 2.75) is 0 Å². The Bertz CT molecular complexity index is 615. The maximum absolute atomic E-state index is 5.14. The fourth-order valence-corrected chi connectivity index (χ4v) is 2.56. The number of imidazole rings is 1. The molecule has 3 aromatic rings. The summed E-state index contributed by atoms with van der Waals surface area (Å²) in [4.78, 5) is 5.27. The molecule has 0 spiro atoms. The van der Waals surface area contributed by atoms with Gasteiger partial charge < -0.3 is 21.7 Å². The Hall–Kier alpha value is -1.33. The SMILES string of the molecule is COc1ccc(-c2csc3nccn23)cc1.[Br-]. The van der Waals surface area contributed by atoms with E-state index in [-0.39, 0.29) is 17.0 Å². The van der Waals surface area contributed by atoms with Crippen molar-refractivity contribution in [1.29, 1.82) is 0 Å². The summed E-state index contributed by atoms with van der Waals surface area (Å²) in [6, 6.07) is 8.05. The van der Waals surface area contributed by atoms with E-state index in [9.17, 15) is 0 Å². The Labute approximate surface area is 113 Å². The summed E-state index contributed by atoms with van der Waals surface area (Å²) >= 11 is 1.65. The Morgan fingerprint density at radius 3 is 2.71 bits per heavy atom.